The van der Waals surface area contributed by atoms with Crippen LogP contribution < -0.4 is 17.0 Å². The Morgan fingerprint density at radius 3 is 2.50 bits per heavy atom. The number of piperazine rings is 1. The highest BCUT2D eigenvalue weighted by Gasteiger charge is 2.26. The van der Waals surface area contributed by atoms with E-state index in [-0.39, 0.29) is 43.4 Å². The number of rotatable bonds is 8. The van der Waals surface area contributed by atoms with E-state index in [4.69, 9.17) is 22.1 Å². The second-order valence-corrected chi connectivity index (χ2v) is 7.92. The highest BCUT2D eigenvalue weighted by Crippen LogP contribution is 2.17. The molecule has 0 saturated carbocycles. The maximum atomic E-state index is 12.8. The highest BCUT2D eigenvalue weighted by molar-refractivity contribution is 6.31. The number of benzene rings is 1. The van der Waals surface area contributed by atoms with Crippen LogP contribution in [0.5, 0.6) is 0 Å². The van der Waals surface area contributed by atoms with Crippen LogP contribution in [-0.2, 0) is 22.5 Å². The number of nitrogens with two attached hydrogens (primary N) is 1. The number of carbonyl (C=O) groups is 2. The number of aromatic nitrogens is 2. The third-order valence-electron chi connectivity index (χ3n) is 5.43. The summed E-state index contributed by atoms with van der Waals surface area (Å²) in [6.07, 6.45) is 0.216. The molecule has 0 atom stereocenters. The molecule has 1 saturated heterocycles. The van der Waals surface area contributed by atoms with Crippen molar-refractivity contribution in [1.82, 2.24) is 19.4 Å². The maximum Gasteiger partial charge on any atom is 0.330 e. The summed E-state index contributed by atoms with van der Waals surface area (Å²) in [6.45, 7) is 2.13. The van der Waals surface area contributed by atoms with Gasteiger partial charge in [0.05, 0.1) is 26.1 Å². The fraction of sp³-hybridized carbons (Fsp3) is 0.429. The Morgan fingerprint density at radius 2 is 1.84 bits per heavy atom. The summed E-state index contributed by atoms with van der Waals surface area (Å²) < 4.78 is 6.06. The lowest BCUT2D eigenvalue weighted by atomic mass is 10.1. The minimum Gasteiger partial charge on any atom is -0.384 e. The van der Waals surface area contributed by atoms with E-state index in [1.54, 1.807) is 11.0 Å². The summed E-state index contributed by atoms with van der Waals surface area (Å²) in [5.41, 5.74) is 5.00. The van der Waals surface area contributed by atoms with Crippen molar-refractivity contribution in [3.8, 4) is 0 Å². The van der Waals surface area contributed by atoms with E-state index in [1.807, 2.05) is 23.1 Å². The van der Waals surface area contributed by atoms with Gasteiger partial charge in [-0.05, 0) is 11.6 Å². The number of aromatic amines is 1. The summed E-state index contributed by atoms with van der Waals surface area (Å²) >= 11 is 6.14. The lowest BCUT2D eigenvalue weighted by Crippen LogP contribution is -2.50. The number of hydrogen-bond acceptors (Lipinski definition) is 7. The SMILES string of the molecule is COCCn1c(N)c(C(=O)CN2CCN(C(=O)Cc3ccccc3Cl)CC2)c(=O)[nH]c1=O. The molecule has 1 aromatic heterocycles. The first-order valence-corrected chi connectivity index (χ1v) is 10.6. The van der Waals surface area contributed by atoms with E-state index in [9.17, 15) is 19.2 Å². The first kappa shape index (κ1) is 23.7. The van der Waals surface area contributed by atoms with Crippen LogP contribution in [0, 0.1) is 0 Å². The van der Waals surface area contributed by atoms with Crippen molar-refractivity contribution in [2.45, 2.75) is 13.0 Å². The minimum absolute atomic E-state index is 0.0324. The van der Waals surface area contributed by atoms with Gasteiger partial charge in [-0.3, -0.25) is 28.8 Å². The van der Waals surface area contributed by atoms with Gasteiger partial charge in [0.15, 0.2) is 5.78 Å². The predicted octanol–water partition coefficient (Wildman–Crippen LogP) is -0.0118. The largest absolute Gasteiger partial charge is 0.384 e. The number of ether oxygens (including phenoxy) is 1. The third kappa shape index (κ3) is 5.45. The molecule has 0 bridgehead atoms. The molecule has 0 unspecified atom stereocenters. The van der Waals surface area contributed by atoms with E-state index < -0.39 is 17.0 Å². The number of ketones is 1. The Hall–Kier alpha value is -2.95. The molecule has 10 nitrogen and oxygen atoms in total. The van der Waals surface area contributed by atoms with Gasteiger partial charge < -0.3 is 15.4 Å². The summed E-state index contributed by atoms with van der Waals surface area (Å²) in [4.78, 5) is 55.3. The van der Waals surface area contributed by atoms with Crippen LogP contribution in [0.25, 0.3) is 0 Å². The van der Waals surface area contributed by atoms with Crippen LogP contribution in [0.3, 0.4) is 0 Å². The Kier molecular flexibility index (Phi) is 7.84. The number of nitrogens with one attached hydrogen (secondary N) is 1. The number of amides is 1. The van der Waals surface area contributed by atoms with Crippen molar-refractivity contribution < 1.29 is 14.3 Å². The van der Waals surface area contributed by atoms with Crippen LogP contribution in [0.15, 0.2) is 33.9 Å². The second kappa shape index (κ2) is 10.6. The maximum absolute atomic E-state index is 12.8. The molecule has 172 valence electrons. The van der Waals surface area contributed by atoms with Gasteiger partial charge in [-0.1, -0.05) is 29.8 Å². The molecular weight excluding hydrogens is 438 g/mol. The molecule has 3 rings (SSSR count). The summed E-state index contributed by atoms with van der Waals surface area (Å²) in [5, 5.41) is 0.555. The molecule has 2 aromatic rings. The monoisotopic (exact) mass is 463 g/mol. The van der Waals surface area contributed by atoms with Crippen molar-refractivity contribution in [3.63, 3.8) is 0 Å². The normalized spacial score (nSPS) is 14.5. The fourth-order valence-electron chi connectivity index (χ4n) is 3.62. The lowest BCUT2D eigenvalue weighted by molar-refractivity contribution is -0.132. The van der Waals surface area contributed by atoms with Gasteiger partial charge in [0.25, 0.3) is 5.56 Å². The van der Waals surface area contributed by atoms with Crippen LogP contribution in [0.2, 0.25) is 5.02 Å². The number of Topliss-reactive ketones (excluding diaryl/α,β-unsaturated/α-hetero) is 1. The van der Waals surface area contributed by atoms with Crippen molar-refractivity contribution in [2.24, 2.45) is 0 Å². The molecule has 1 aromatic carbocycles. The molecule has 1 aliphatic rings. The van der Waals surface area contributed by atoms with Crippen molar-refractivity contribution >= 4 is 29.1 Å². The number of nitrogen functional groups attached to an aromatic ring is 1. The van der Waals surface area contributed by atoms with E-state index in [1.165, 1.54) is 7.11 Å². The lowest BCUT2D eigenvalue weighted by Gasteiger charge is -2.34. The molecule has 2 heterocycles. The van der Waals surface area contributed by atoms with Gasteiger partial charge in [-0.25, -0.2) is 4.79 Å². The summed E-state index contributed by atoms with van der Waals surface area (Å²) in [7, 11) is 1.47. The van der Waals surface area contributed by atoms with Gasteiger partial charge in [0, 0.05) is 38.3 Å². The summed E-state index contributed by atoms with van der Waals surface area (Å²) in [5.74, 6) is -0.685. The molecular formula is C21H26ClN5O5. The van der Waals surface area contributed by atoms with Crippen molar-refractivity contribution in [1.29, 1.82) is 0 Å². The zero-order chi connectivity index (χ0) is 23.3. The molecule has 0 radical (unpaired) electrons. The Labute approximate surface area is 189 Å². The predicted molar refractivity (Wildman–Crippen MR) is 120 cm³/mol. The van der Waals surface area contributed by atoms with Gasteiger partial charge in [-0.2, -0.15) is 0 Å². The minimum atomic E-state index is -0.806. The number of hydrogen-bond donors (Lipinski definition) is 2. The topological polar surface area (TPSA) is 131 Å². The highest BCUT2D eigenvalue weighted by atomic mass is 35.5. The average Bonchev–Trinajstić information content (AvgIpc) is 2.75. The molecule has 0 spiro atoms. The van der Waals surface area contributed by atoms with E-state index >= 15 is 0 Å². The van der Waals surface area contributed by atoms with Gasteiger partial charge >= 0.3 is 5.69 Å². The van der Waals surface area contributed by atoms with Crippen LogP contribution >= 0.6 is 11.6 Å². The number of halogens is 1. The smallest absolute Gasteiger partial charge is 0.330 e. The zero-order valence-electron chi connectivity index (χ0n) is 17.8. The molecule has 1 amide bonds. The van der Waals surface area contributed by atoms with Gasteiger partial charge in [0.2, 0.25) is 5.91 Å². The number of H-pyrrole nitrogens is 1. The Morgan fingerprint density at radius 1 is 1.16 bits per heavy atom. The van der Waals surface area contributed by atoms with E-state index in [0.717, 1.165) is 10.1 Å². The van der Waals surface area contributed by atoms with Crippen LogP contribution in [-0.4, -0.2) is 77.5 Å². The Bertz CT molecular complexity index is 1100. The number of nitrogens with zero attached hydrogens (tertiary/aromatic N) is 3. The summed E-state index contributed by atoms with van der Waals surface area (Å²) in [6, 6.07) is 7.22. The average molecular weight is 464 g/mol. The van der Waals surface area contributed by atoms with Crippen molar-refractivity contribution in [3.05, 3.63) is 61.3 Å². The zero-order valence-corrected chi connectivity index (χ0v) is 18.6. The molecule has 1 aliphatic heterocycles. The quantitative estimate of drug-likeness (QED) is 0.526. The molecule has 3 N–H and O–H groups in total. The van der Waals surface area contributed by atoms with E-state index in [2.05, 4.69) is 4.98 Å². The third-order valence-corrected chi connectivity index (χ3v) is 5.80. The van der Waals surface area contributed by atoms with E-state index in [0.29, 0.717) is 31.2 Å². The molecule has 32 heavy (non-hydrogen) atoms. The molecule has 0 aliphatic carbocycles. The second-order valence-electron chi connectivity index (χ2n) is 7.51. The number of methoxy groups -OCH3 is 1. The van der Waals surface area contributed by atoms with Crippen LogP contribution in [0.1, 0.15) is 15.9 Å². The molecule has 1 fully saturated rings. The first-order chi connectivity index (χ1) is 15.3. The van der Waals surface area contributed by atoms with Crippen molar-refractivity contribution in [2.75, 3.05) is 52.2 Å². The van der Waals surface area contributed by atoms with Crippen LogP contribution in [0.4, 0.5) is 5.82 Å². The Balaban J connectivity index is 1.61. The van der Waals surface area contributed by atoms with Gasteiger partial charge in [0.1, 0.15) is 11.4 Å². The van der Waals surface area contributed by atoms with Gasteiger partial charge in [-0.15, -0.1) is 0 Å². The number of carbonyl (C=O) groups excluding carboxylic acids is 2. The first-order valence-electron chi connectivity index (χ1n) is 10.2. The standard InChI is InChI=1S/C21H26ClN5O5/c1-32-11-10-27-19(23)18(20(30)24-21(27)31)16(28)13-25-6-8-26(9-7-25)17(29)12-14-4-2-3-5-15(14)22/h2-5H,6-13,23H2,1H3,(H,24,30,31). The fourth-order valence-corrected chi connectivity index (χ4v) is 3.82. The molecule has 11 heteroatoms. The number of anilines is 1.